The first-order valence-corrected chi connectivity index (χ1v) is 8.75. The number of rotatable bonds is 7. The number of hydrogen-bond acceptors (Lipinski definition) is 3. The summed E-state index contributed by atoms with van der Waals surface area (Å²) in [5.41, 5.74) is 11.5. The molecule has 1 heterocycles. The van der Waals surface area contributed by atoms with Gasteiger partial charge in [0.25, 0.3) is 0 Å². The second kappa shape index (κ2) is 7.97. The van der Waals surface area contributed by atoms with E-state index in [9.17, 15) is 4.79 Å². The Balaban J connectivity index is 1.49. The van der Waals surface area contributed by atoms with Crippen molar-refractivity contribution in [1.82, 2.24) is 15.1 Å². The minimum Gasteiger partial charge on any atom is -0.366 e. The van der Waals surface area contributed by atoms with Gasteiger partial charge in [0.2, 0.25) is 5.91 Å². The van der Waals surface area contributed by atoms with Gasteiger partial charge in [-0.3, -0.25) is 4.79 Å². The van der Waals surface area contributed by atoms with Crippen molar-refractivity contribution in [2.24, 2.45) is 5.73 Å². The van der Waals surface area contributed by atoms with E-state index in [2.05, 4.69) is 47.7 Å². The van der Waals surface area contributed by atoms with Gasteiger partial charge in [0.1, 0.15) is 0 Å². The molecule has 0 saturated heterocycles. The number of aryl methyl sites for hydroxylation is 2. The highest BCUT2D eigenvalue weighted by molar-refractivity contribution is 5.92. The molecule has 3 rings (SSSR count). The quantitative estimate of drug-likeness (QED) is 0.645. The maximum Gasteiger partial charge on any atom is 0.248 e. The first kappa shape index (κ1) is 17.9. The third kappa shape index (κ3) is 4.37. The number of benzene rings is 2. The fourth-order valence-corrected chi connectivity index (χ4v) is 2.95. The lowest BCUT2D eigenvalue weighted by Crippen LogP contribution is -2.17. The lowest BCUT2D eigenvalue weighted by atomic mass is 10.1. The van der Waals surface area contributed by atoms with Gasteiger partial charge in [0, 0.05) is 17.8 Å². The van der Waals surface area contributed by atoms with Crippen LogP contribution in [0.5, 0.6) is 0 Å². The zero-order chi connectivity index (χ0) is 18.5. The van der Waals surface area contributed by atoms with Crippen molar-refractivity contribution in [3.63, 3.8) is 0 Å². The highest BCUT2D eigenvalue weighted by atomic mass is 16.1. The molecule has 0 aliphatic heterocycles. The Morgan fingerprint density at radius 2 is 1.69 bits per heavy atom. The van der Waals surface area contributed by atoms with Crippen molar-refractivity contribution in [3.05, 3.63) is 82.7 Å². The molecule has 0 saturated carbocycles. The largest absolute Gasteiger partial charge is 0.366 e. The van der Waals surface area contributed by atoms with E-state index in [4.69, 9.17) is 5.73 Å². The number of carbonyl (C=O) groups excluding carboxylic acids is 1. The molecule has 5 nitrogen and oxygen atoms in total. The molecule has 1 amide bonds. The van der Waals surface area contributed by atoms with Crippen LogP contribution >= 0.6 is 0 Å². The monoisotopic (exact) mass is 348 g/mol. The van der Waals surface area contributed by atoms with Crippen LogP contribution in [0.15, 0.2) is 54.6 Å². The number of hydrogen-bond donors (Lipinski definition) is 2. The molecule has 0 fully saturated rings. The molecule has 26 heavy (non-hydrogen) atoms. The average Bonchev–Trinajstić information content (AvgIpc) is 2.98. The Morgan fingerprint density at radius 1 is 1.04 bits per heavy atom. The summed E-state index contributed by atoms with van der Waals surface area (Å²) in [6.45, 7) is 5.72. The summed E-state index contributed by atoms with van der Waals surface area (Å²) >= 11 is 0. The fraction of sp³-hybridized carbons (Fsp3) is 0.238. The van der Waals surface area contributed by atoms with Crippen molar-refractivity contribution in [3.8, 4) is 5.69 Å². The van der Waals surface area contributed by atoms with E-state index in [0.29, 0.717) is 5.56 Å². The van der Waals surface area contributed by atoms with E-state index in [1.54, 1.807) is 12.1 Å². The van der Waals surface area contributed by atoms with Crippen molar-refractivity contribution >= 4 is 5.91 Å². The second-order valence-electron chi connectivity index (χ2n) is 6.49. The number of carbonyl (C=O) groups is 1. The van der Waals surface area contributed by atoms with Gasteiger partial charge in [-0.15, -0.1) is 0 Å². The average molecular weight is 348 g/mol. The molecule has 134 valence electrons. The van der Waals surface area contributed by atoms with Crippen LogP contribution in [-0.4, -0.2) is 22.2 Å². The fourth-order valence-electron chi connectivity index (χ4n) is 2.95. The summed E-state index contributed by atoms with van der Waals surface area (Å²) in [4.78, 5) is 11.1. The molecular formula is C21H24N4O. The molecule has 0 aliphatic carbocycles. The van der Waals surface area contributed by atoms with Crippen LogP contribution in [0.4, 0.5) is 0 Å². The maximum atomic E-state index is 11.1. The van der Waals surface area contributed by atoms with Crippen molar-refractivity contribution in [1.29, 1.82) is 0 Å². The minimum absolute atomic E-state index is 0.395. The summed E-state index contributed by atoms with van der Waals surface area (Å²) < 4.78 is 1.97. The van der Waals surface area contributed by atoms with Crippen LogP contribution in [0.2, 0.25) is 0 Å². The summed E-state index contributed by atoms with van der Waals surface area (Å²) in [5.74, 6) is -0.395. The normalized spacial score (nSPS) is 10.8. The Kier molecular flexibility index (Phi) is 5.49. The Morgan fingerprint density at radius 3 is 2.27 bits per heavy atom. The maximum absolute atomic E-state index is 11.1. The summed E-state index contributed by atoms with van der Waals surface area (Å²) in [7, 11) is 0. The number of amides is 1. The number of primary amides is 1. The SMILES string of the molecule is Cc1cc(C)n(-c2ccc(CCNCc3ccc(C(N)=O)cc3)cc2)n1. The van der Waals surface area contributed by atoms with Crippen LogP contribution in [0, 0.1) is 13.8 Å². The zero-order valence-corrected chi connectivity index (χ0v) is 15.2. The second-order valence-corrected chi connectivity index (χ2v) is 6.49. The predicted octanol–water partition coefficient (Wildman–Crippen LogP) is 2.92. The topological polar surface area (TPSA) is 72.9 Å². The van der Waals surface area contributed by atoms with Gasteiger partial charge in [-0.05, 0) is 68.3 Å². The van der Waals surface area contributed by atoms with Gasteiger partial charge in [-0.2, -0.15) is 5.10 Å². The van der Waals surface area contributed by atoms with Crippen LogP contribution < -0.4 is 11.1 Å². The molecule has 3 aromatic rings. The summed E-state index contributed by atoms with van der Waals surface area (Å²) in [5, 5.41) is 7.94. The lowest BCUT2D eigenvalue weighted by Gasteiger charge is -2.08. The van der Waals surface area contributed by atoms with E-state index in [1.807, 2.05) is 23.7 Å². The lowest BCUT2D eigenvalue weighted by molar-refractivity contribution is 0.100. The highest BCUT2D eigenvalue weighted by Crippen LogP contribution is 2.13. The van der Waals surface area contributed by atoms with Crippen molar-refractivity contribution in [2.75, 3.05) is 6.54 Å². The molecular weight excluding hydrogens is 324 g/mol. The number of nitrogens with one attached hydrogen (secondary N) is 1. The van der Waals surface area contributed by atoms with E-state index < -0.39 is 5.91 Å². The molecule has 0 unspecified atom stereocenters. The molecule has 0 radical (unpaired) electrons. The van der Waals surface area contributed by atoms with Gasteiger partial charge in [-0.1, -0.05) is 24.3 Å². The van der Waals surface area contributed by atoms with E-state index >= 15 is 0 Å². The highest BCUT2D eigenvalue weighted by Gasteiger charge is 2.04. The Hall–Kier alpha value is -2.92. The van der Waals surface area contributed by atoms with Crippen LogP contribution in [0.1, 0.15) is 32.9 Å². The Labute approximate surface area is 153 Å². The molecule has 5 heteroatoms. The molecule has 3 N–H and O–H groups in total. The van der Waals surface area contributed by atoms with Gasteiger partial charge in [0.15, 0.2) is 0 Å². The van der Waals surface area contributed by atoms with Crippen LogP contribution in [-0.2, 0) is 13.0 Å². The van der Waals surface area contributed by atoms with Crippen molar-refractivity contribution < 1.29 is 4.79 Å². The molecule has 0 bridgehead atoms. The standard InChI is InChI=1S/C21H24N4O/c1-15-13-16(2)25(24-15)20-9-5-17(6-10-20)11-12-23-14-18-3-7-19(8-4-18)21(22)26/h3-10,13,23H,11-12,14H2,1-2H3,(H2,22,26). The van der Waals surface area contributed by atoms with Gasteiger partial charge >= 0.3 is 0 Å². The first-order chi connectivity index (χ1) is 12.5. The summed E-state index contributed by atoms with van der Waals surface area (Å²) in [6, 6.07) is 18.0. The number of nitrogens with two attached hydrogens (primary N) is 1. The minimum atomic E-state index is -0.395. The first-order valence-electron chi connectivity index (χ1n) is 8.75. The molecule has 1 aromatic heterocycles. The third-order valence-corrected chi connectivity index (χ3v) is 4.35. The number of nitrogens with zero attached hydrogens (tertiary/aromatic N) is 2. The molecule has 0 aliphatic rings. The Bertz CT molecular complexity index is 879. The van der Waals surface area contributed by atoms with Crippen LogP contribution in [0.3, 0.4) is 0 Å². The third-order valence-electron chi connectivity index (χ3n) is 4.35. The van der Waals surface area contributed by atoms with E-state index in [1.165, 1.54) is 5.56 Å². The van der Waals surface area contributed by atoms with Crippen molar-refractivity contribution in [2.45, 2.75) is 26.8 Å². The smallest absolute Gasteiger partial charge is 0.248 e. The molecule has 2 aromatic carbocycles. The number of aromatic nitrogens is 2. The van der Waals surface area contributed by atoms with Crippen LogP contribution in [0.25, 0.3) is 5.69 Å². The zero-order valence-electron chi connectivity index (χ0n) is 15.2. The molecule has 0 spiro atoms. The van der Waals surface area contributed by atoms with E-state index in [-0.39, 0.29) is 0 Å². The van der Waals surface area contributed by atoms with Gasteiger partial charge in [0.05, 0.1) is 11.4 Å². The van der Waals surface area contributed by atoms with E-state index in [0.717, 1.165) is 42.1 Å². The summed E-state index contributed by atoms with van der Waals surface area (Å²) in [6.07, 6.45) is 0.955. The predicted molar refractivity (Wildman–Crippen MR) is 103 cm³/mol. The van der Waals surface area contributed by atoms with Gasteiger partial charge in [-0.25, -0.2) is 4.68 Å². The molecule has 0 atom stereocenters. The van der Waals surface area contributed by atoms with Gasteiger partial charge < -0.3 is 11.1 Å².